The number of thioether (sulfide) groups is 1. The van der Waals surface area contributed by atoms with Gasteiger partial charge in [0.2, 0.25) is 6.23 Å². The maximum absolute atomic E-state index is 11.7. The average Bonchev–Trinajstić information content (AvgIpc) is 3.23. The predicted octanol–water partition coefficient (Wildman–Crippen LogP) is -0.848. The van der Waals surface area contributed by atoms with E-state index < -0.39 is 47.8 Å². The lowest BCUT2D eigenvalue weighted by Crippen LogP contribution is -3.28. The van der Waals surface area contributed by atoms with Gasteiger partial charge in [0.15, 0.2) is 6.04 Å². The summed E-state index contributed by atoms with van der Waals surface area (Å²) in [4.78, 5) is 23.1. The van der Waals surface area contributed by atoms with Crippen molar-refractivity contribution in [3.8, 4) is 0 Å². The number of hydrogen-bond acceptors (Lipinski definition) is 11. The number of aliphatic hydroxyl groups is 1. The molecule has 10 atom stereocenters. The molecule has 4 aliphatic heterocycles. The Bertz CT molecular complexity index is 1030. The zero-order chi connectivity index (χ0) is 26.3. The molecule has 3 fully saturated rings. The van der Waals surface area contributed by atoms with Gasteiger partial charge in [0.05, 0.1) is 17.9 Å². The molecule has 0 aromatic heterocycles. The van der Waals surface area contributed by atoms with Crippen LogP contribution in [0.15, 0.2) is 36.5 Å². The fourth-order valence-corrected chi connectivity index (χ4v) is 6.63. The van der Waals surface area contributed by atoms with Gasteiger partial charge in [-0.05, 0) is 5.56 Å². The Morgan fingerprint density at radius 2 is 2.00 bits per heavy atom. The number of aliphatic hydroxyl groups excluding tert-OH is 1. The van der Waals surface area contributed by atoms with E-state index in [0.29, 0.717) is 0 Å². The van der Waals surface area contributed by atoms with E-state index in [1.165, 1.54) is 32.7 Å². The van der Waals surface area contributed by atoms with Gasteiger partial charge >= 0.3 is 11.9 Å². The van der Waals surface area contributed by atoms with Crippen LogP contribution in [0.5, 0.6) is 0 Å². The molecule has 0 amide bonds. The third-order valence-electron chi connectivity index (χ3n) is 6.92. The summed E-state index contributed by atoms with van der Waals surface area (Å²) in [6.45, 7) is 2.69. The van der Waals surface area contributed by atoms with Crippen molar-refractivity contribution in [3.63, 3.8) is 0 Å². The summed E-state index contributed by atoms with van der Waals surface area (Å²) < 4.78 is 28.5. The van der Waals surface area contributed by atoms with Gasteiger partial charge in [-0.15, -0.1) is 11.8 Å². The molecule has 3 saturated heterocycles. The Morgan fingerprint density at radius 1 is 1.24 bits per heavy atom. The molecule has 10 unspecified atom stereocenters. The Labute approximate surface area is 218 Å². The fraction of sp³-hybridized carbons (Fsp3) is 0.583. The van der Waals surface area contributed by atoms with Crippen LogP contribution in [0.1, 0.15) is 19.4 Å². The van der Waals surface area contributed by atoms with Crippen LogP contribution in [0, 0.1) is 0 Å². The number of esters is 2. The molecular weight excluding hydrogens is 504 g/mol. The number of ether oxygens (including phenoxy) is 5. The molecule has 1 aromatic carbocycles. The molecule has 0 spiro atoms. The van der Waals surface area contributed by atoms with E-state index in [2.05, 4.69) is 0 Å². The van der Waals surface area contributed by atoms with Gasteiger partial charge in [0.25, 0.3) is 0 Å². The van der Waals surface area contributed by atoms with Crippen molar-refractivity contribution in [1.29, 1.82) is 0 Å². The highest BCUT2D eigenvalue weighted by atomic mass is 32.2. The summed E-state index contributed by atoms with van der Waals surface area (Å²) in [5.74, 6) is -1.02. The number of quaternary nitrogens is 1. The second-order valence-corrected chi connectivity index (χ2v) is 10.7. The van der Waals surface area contributed by atoms with Crippen LogP contribution in [0.25, 0.3) is 11.1 Å². The Hall–Kier alpha value is -2.39. The van der Waals surface area contributed by atoms with E-state index >= 15 is 0 Å². The van der Waals surface area contributed by atoms with Gasteiger partial charge in [-0.3, -0.25) is 9.59 Å². The smallest absolute Gasteiger partial charge is 0.303 e. The molecule has 13 heteroatoms. The summed E-state index contributed by atoms with van der Waals surface area (Å²) in [5, 5.41) is 13.7. The van der Waals surface area contributed by atoms with Gasteiger partial charge in [-0.25, -0.2) is 10.1 Å². The quantitative estimate of drug-likeness (QED) is 0.374. The summed E-state index contributed by atoms with van der Waals surface area (Å²) in [6.07, 6.45) is -1.41. The van der Waals surface area contributed by atoms with Crippen molar-refractivity contribution >= 4 is 29.4 Å². The van der Waals surface area contributed by atoms with Crippen LogP contribution in [-0.4, -0.2) is 95.8 Å². The monoisotopic (exact) mass is 536 g/mol. The lowest BCUT2D eigenvalue weighted by atomic mass is 9.97. The van der Waals surface area contributed by atoms with E-state index in [0.717, 1.165) is 16.4 Å². The molecule has 5 rings (SSSR count). The maximum atomic E-state index is 11.7. The van der Waals surface area contributed by atoms with Crippen molar-refractivity contribution in [2.75, 3.05) is 20.3 Å². The van der Waals surface area contributed by atoms with E-state index in [9.17, 15) is 14.7 Å². The van der Waals surface area contributed by atoms with Crippen molar-refractivity contribution < 1.29 is 43.5 Å². The molecule has 202 valence electrons. The normalized spacial score (nSPS) is 38.4. The van der Waals surface area contributed by atoms with E-state index in [1.807, 2.05) is 41.5 Å². The number of carbonyl (C=O) groups is 2. The topological polar surface area (TPSA) is 148 Å². The highest BCUT2D eigenvalue weighted by Gasteiger charge is 2.60. The van der Waals surface area contributed by atoms with Crippen molar-refractivity contribution in [2.24, 2.45) is 5.73 Å². The molecule has 4 heterocycles. The molecule has 0 radical (unpaired) electrons. The maximum Gasteiger partial charge on any atom is 0.303 e. The minimum atomic E-state index is -0.868. The van der Waals surface area contributed by atoms with Crippen LogP contribution in [0.4, 0.5) is 0 Å². The summed E-state index contributed by atoms with van der Waals surface area (Å²) in [7, 11) is 1.50. The second kappa shape index (κ2) is 10.8. The van der Waals surface area contributed by atoms with Gasteiger partial charge < -0.3 is 40.0 Å². The first-order chi connectivity index (χ1) is 17.8. The molecule has 1 aromatic rings. The van der Waals surface area contributed by atoms with Crippen molar-refractivity contribution in [3.05, 3.63) is 47.5 Å². The number of carbonyl (C=O) groups excluding carboxylic acids is 2. The summed E-state index contributed by atoms with van der Waals surface area (Å²) in [5.41, 5.74) is 12.4. The molecule has 0 aliphatic carbocycles. The molecular formula is C24H32N4O8S. The van der Waals surface area contributed by atoms with Crippen molar-refractivity contribution in [1.82, 2.24) is 5.01 Å². The number of nitrogens with zero attached hydrogens (tertiary/aromatic N) is 2. The number of methoxy groups -OCH3 is 1. The van der Waals surface area contributed by atoms with Crippen LogP contribution in [0.2, 0.25) is 0 Å². The number of fused-ring (bicyclic) bond motifs is 4. The third-order valence-corrected chi connectivity index (χ3v) is 8.34. The molecule has 37 heavy (non-hydrogen) atoms. The third kappa shape index (κ3) is 5.04. The summed E-state index contributed by atoms with van der Waals surface area (Å²) in [6, 6.07) is 8.82. The number of nitrogens with one attached hydrogen (secondary N) is 1. The zero-order valence-electron chi connectivity index (χ0n) is 20.8. The minimum absolute atomic E-state index is 0.135. The van der Waals surface area contributed by atoms with E-state index in [1.54, 1.807) is 0 Å². The Balaban J connectivity index is 1.28. The summed E-state index contributed by atoms with van der Waals surface area (Å²) >= 11 is 1.35. The van der Waals surface area contributed by atoms with Gasteiger partial charge in [-0.2, -0.15) is 0 Å². The molecule has 4 N–H and O–H groups in total. The van der Waals surface area contributed by atoms with E-state index in [4.69, 9.17) is 34.8 Å². The first-order valence-corrected chi connectivity index (χ1v) is 13.1. The first-order valence-electron chi connectivity index (χ1n) is 12.1. The van der Waals surface area contributed by atoms with Crippen LogP contribution in [0.3, 0.4) is 0 Å². The highest BCUT2D eigenvalue weighted by molar-refractivity contribution is 8.00. The molecule has 4 aliphatic rings. The van der Waals surface area contributed by atoms with Crippen LogP contribution >= 0.6 is 11.8 Å². The van der Waals surface area contributed by atoms with Crippen molar-refractivity contribution in [2.45, 2.75) is 67.3 Å². The lowest BCUT2D eigenvalue weighted by Gasteiger charge is -2.58. The number of nitrogens with two attached hydrogens (primary N) is 1. The number of rotatable bonds is 7. The first kappa shape index (κ1) is 26.2. The number of benzene rings is 1. The molecule has 0 saturated carbocycles. The van der Waals surface area contributed by atoms with Crippen LogP contribution < -0.4 is 10.9 Å². The second-order valence-electron chi connectivity index (χ2n) is 9.36. The lowest BCUT2D eigenvalue weighted by molar-refractivity contribution is -1.07. The average molecular weight is 537 g/mol. The van der Waals surface area contributed by atoms with Gasteiger partial charge in [0, 0.05) is 27.2 Å². The molecule has 0 bridgehead atoms. The van der Waals surface area contributed by atoms with Gasteiger partial charge in [0.1, 0.15) is 36.5 Å². The Kier molecular flexibility index (Phi) is 7.63. The molecule has 12 nitrogen and oxygen atoms in total. The standard InChI is InChI=1S/C24H32N4O8S/c1-12(29)33-10-16-21(35-13(2)30)18(25)22(32-3)24(36-16)37-17-11-34-23-19(20(17)31)27-9-15(26-28(23)27)14-7-5-4-6-8-14/h4-9,16-24,28,31H,10-11,25H2,1-3H3. The zero-order valence-corrected chi connectivity index (χ0v) is 21.6. The predicted molar refractivity (Wildman–Crippen MR) is 131 cm³/mol. The fourth-order valence-electron chi connectivity index (χ4n) is 5.15. The SMILES string of the molecule is COC1C(SC2COC3C(C2O)N2C=C(c4ccccc4)[N-][NH+]32)OC(COC(C)=O)C(OC(C)=O)C1N. The number of hydrogen-bond donors (Lipinski definition) is 3. The van der Waals surface area contributed by atoms with Gasteiger partial charge in [-0.1, -0.05) is 36.0 Å². The van der Waals surface area contributed by atoms with E-state index in [-0.39, 0.29) is 30.7 Å². The highest BCUT2D eigenvalue weighted by Crippen LogP contribution is 2.39. The largest absolute Gasteiger partial charge is 0.463 e. The van der Waals surface area contributed by atoms with Crippen LogP contribution in [-0.2, 0) is 33.3 Å². The Morgan fingerprint density at radius 3 is 2.68 bits per heavy atom. The minimum Gasteiger partial charge on any atom is -0.463 e.